The van der Waals surface area contributed by atoms with E-state index in [1.54, 1.807) is 0 Å². The predicted octanol–water partition coefficient (Wildman–Crippen LogP) is 22.4. The summed E-state index contributed by atoms with van der Waals surface area (Å²) in [6.45, 7) is 6.51. The van der Waals surface area contributed by atoms with Gasteiger partial charge in [0.2, 0.25) is 0 Å². The molecule has 6 nitrogen and oxygen atoms in total. The van der Waals surface area contributed by atoms with Crippen molar-refractivity contribution in [1.82, 2.24) is 0 Å². The summed E-state index contributed by atoms with van der Waals surface area (Å²) in [5.74, 6) is -0.895. The molecule has 6 heteroatoms. The Hall–Kier alpha value is -3.67. The number of carbonyl (C=O) groups excluding carboxylic acids is 3. The molecule has 77 heavy (non-hydrogen) atoms. The zero-order chi connectivity index (χ0) is 55.7. The van der Waals surface area contributed by atoms with Crippen LogP contribution in [0.25, 0.3) is 0 Å². The largest absolute Gasteiger partial charge is 0.462 e. The molecular weight excluding hydrogens is 949 g/mol. The number of esters is 3. The quantitative estimate of drug-likeness (QED) is 0.0261. The first-order valence-corrected chi connectivity index (χ1v) is 32.7. The number of rotatable bonds is 59. The Kier molecular flexibility index (Phi) is 61.8. The standard InChI is InChI=1S/C71H122O6/c1-4-7-10-13-16-19-22-25-27-29-31-33-35-37-39-41-43-46-49-52-55-58-61-64-70(73)76-67-68(66-75-69(72)63-60-57-54-51-48-45-24-21-18-15-12-9-6-3)77-71(74)65-62-59-56-53-50-47-44-42-40-38-36-34-32-30-28-26-23-20-17-14-11-8-5-2/h7,10,16,19,21,23-27,30-33,36,38,68H,4-6,8-9,11-15,17-18,20,22,28-29,34-35,37,39-67H2,1-3H3/b10-7-,19-16-,24-21-,26-23-,27-25-,32-30-,33-31-,38-36-. The fraction of sp³-hybridized carbons (Fsp3) is 0.732. The van der Waals surface area contributed by atoms with Gasteiger partial charge in [-0.2, -0.15) is 0 Å². The van der Waals surface area contributed by atoms with Gasteiger partial charge in [-0.1, -0.05) is 272 Å². The third kappa shape index (κ3) is 63.0. The summed E-state index contributed by atoms with van der Waals surface area (Å²) in [4.78, 5) is 38.3. The highest BCUT2D eigenvalue weighted by Crippen LogP contribution is 2.16. The summed E-state index contributed by atoms with van der Waals surface area (Å²) in [6.07, 6.45) is 86.9. The smallest absolute Gasteiger partial charge is 0.306 e. The van der Waals surface area contributed by atoms with Gasteiger partial charge in [-0.15, -0.1) is 0 Å². The van der Waals surface area contributed by atoms with Gasteiger partial charge in [0.05, 0.1) is 0 Å². The van der Waals surface area contributed by atoms with Gasteiger partial charge in [0.1, 0.15) is 13.2 Å². The minimum absolute atomic E-state index is 0.0848. The molecule has 0 aliphatic heterocycles. The van der Waals surface area contributed by atoms with E-state index in [4.69, 9.17) is 14.2 Å². The van der Waals surface area contributed by atoms with Crippen molar-refractivity contribution in [3.05, 3.63) is 97.2 Å². The monoisotopic (exact) mass is 1070 g/mol. The van der Waals surface area contributed by atoms with Gasteiger partial charge in [0.25, 0.3) is 0 Å². The number of hydrogen-bond donors (Lipinski definition) is 0. The van der Waals surface area contributed by atoms with Crippen molar-refractivity contribution < 1.29 is 28.6 Å². The summed E-state index contributed by atoms with van der Waals surface area (Å²) in [5, 5.41) is 0. The van der Waals surface area contributed by atoms with Gasteiger partial charge >= 0.3 is 17.9 Å². The number of allylic oxidation sites excluding steroid dienone is 16. The van der Waals surface area contributed by atoms with Crippen LogP contribution >= 0.6 is 0 Å². The van der Waals surface area contributed by atoms with Gasteiger partial charge in [0.15, 0.2) is 6.10 Å². The van der Waals surface area contributed by atoms with Crippen LogP contribution in [0.2, 0.25) is 0 Å². The molecule has 0 radical (unpaired) electrons. The van der Waals surface area contributed by atoms with Crippen LogP contribution in [0.3, 0.4) is 0 Å². The van der Waals surface area contributed by atoms with Gasteiger partial charge in [0, 0.05) is 19.3 Å². The van der Waals surface area contributed by atoms with Crippen LogP contribution in [0.1, 0.15) is 316 Å². The lowest BCUT2D eigenvalue weighted by Crippen LogP contribution is -2.30. The highest BCUT2D eigenvalue weighted by molar-refractivity contribution is 5.71. The minimum Gasteiger partial charge on any atom is -0.462 e. The maximum Gasteiger partial charge on any atom is 0.306 e. The normalized spacial score (nSPS) is 12.7. The van der Waals surface area contributed by atoms with E-state index in [1.807, 2.05) is 0 Å². The summed E-state index contributed by atoms with van der Waals surface area (Å²) >= 11 is 0. The van der Waals surface area contributed by atoms with Crippen molar-refractivity contribution in [2.45, 2.75) is 322 Å². The first-order valence-electron chi connectivity index (χ1n) is 32.7. The van der Waals surface area contributed by atoms with E-state index >= 15 is 0 Å². The molecule has 1 unspecified atom stereocenters. The molecule has 0 amide bonds. The molecule has 1 atom stereocenters. The first-order chi connectivity index (χ1) is 38.0. The van der Waals surface area contributed by atoms with Gasteiger partial charge < -0.3 is 14.2 Å². The van der Waals surface area contributed by atoms with Crippen molar-refractivity contribution in [3.63, 3.8) is 0 Å². The molecule has 0 aromatic heterocycles. The average Bonchev–Trinajstić information content (AvgIpc) is 3.43. The third-order valence-corrected chi connectivity index (χ3v) is 14.0. The fourth-order valence-electron chi connectivity index (χ4n) is 9.14. The van der Waals surface area contributed by atoms with Gasteiger partial charge in [-0.25, -0.2) is 0 Å². The molecule has 0 aliphatic rings. The van der Waals surface area contributed by atoms with Crippen LogP contribution in [0.4, 0.5) is 0 Å². The lowest BCUT2D eigenvalue weighted by Gasteiger charge is -2.18. The van der Waals surface area contributed by atoms with Crippen LogP contribution in [0.5, 0.6) is 0 Å². The molecule has 0 N–H and O–H groups in total. The summed E-state index contributed by atoms with van der Waals surface area (Å²) in [7, 11) is 0. The highest BCUT2D eigenvalue weighted by atomic mass is 16.6. The van der Waals surface area contributed by atoms with Crippen LogP contribution in [0.15, 0.2) is 97.2 Å². The molecule has 0 aromatic rings. The molecule has 0 aliphatic carbocycles. The zero-order valence-corrected chi connectivity index (χ0v) is 50.7. The zero-order valence-electron chi connectivity index (χ0n) is 50.7. The Morgan fingerprint density at radius 3 is 0.818 bits per heavy atom. The fourth-order valence-corrected chi connectivity index (χ4v) is 9.14. The summed E-state index contributed by atoms with van der Waals surface area (Å²) in [5.41, 5.74) is 0. The first kappa shape index (κ1) is 73.3. The molecule has 0 heterocycles. The van der Waals surface area contributed by atoms with Gasteiger partial charge in [-0.05, 0) is 122 Å². The summed E-state index contributed by atoms with van der Waals surface area (Å²) < 4.78 is 16.9. The maximum absolute atomic E-state index is 12.9. The predicted molar refractivity (Wildman–Crippen MR) is 334 cm³/mol. The molecule has 0 saturated heterocycles. The average molecular weight is 1070 g/mol. The van der Waals surface area contributed by atoms with Crippen LogP contribution < -0.4 is 0 Å². The van der Waals surface area contributed by atoms with E-state index < -0.39 is 6.10 Å². The second-order valence-electron chi connectivity index (χ2n) is 21.6. The van der Waals surface area contributed by atoms with Crippen molar-refractivity contribution in [2.24, 2.45) is 0 Å². The lowest BCUT2D eigenvalue weighted by atomic mass is 10.1. The molecule has 0 aromatic carbocycles. The lowest BCUT2D eigenvalue weighted by molar-refractivity contribution is -0.167. The Labute approximate surface area is 477 Å². The Balaban J connectivity index is 4.35. The van der Waals surface area contributed by atoms with Gasteiger partial charge in [-0.3, -0.25) is 14.4 Å². The number of carbonyl (C=O) groups is 3. The third-order valence-electron chi connectivity index (χ3n) is 14.0. The molecule has 0 saturated carbocycles. The molecule has 0 spiro atoms. The molecule has 0 fully saturated rings. The SMILES string of the molecule is CC/C=C\C/C=C\C/C=C\C/C=C\CCCCCCCCCCCCC(=O)OCC(COC(=O)CCCCCCC/C=C\CCCCCC)OC(=O)CCCCCCCCCC/C=C\C/C=C\C/C=C\CCCCCCC. The molecule has 0 bridgehead atoms. The maximum atomic E-state index is 12.9. The van der Waals surface area contributed by atoms with Crippen molar-refractivity contribution in [1.29, 1.82) is 0 Å². The van der Waals surface area contributed by atoms with E-state index in [0.717, 1.165) is 109 Å². The van der Waals surface area contributed by atoms with Crippen LogP contribution in [-0.4, -0.2) is 37.2 Å². The van der Waals surface area contributed by atoms with Crippen LogP contribution in [0, 0.1) is 0 Å². The Bertz CT molecular complexity index is 1510. The number of ether oxygens (including phenoxy) is 3. The van der Waals surface area contributed by atoms with Crippen molar-refractivity contribution in [3.8, 4) is 0 Å². The Morgan fingerprint density at radius 2 is 0.506 bits per heavy atom. The molecule has 0 rings (SSSR count). The second kappa shape index (κ2) is 64.9. The number of unbranched alkanes of at least 4 members (excludes halogenated alkanes) is 32. The summed E-state index contributed by atoms with van der Waals surface area (Å²) in [6, 6.07) is 0. The number of hydrogen-bond acceptors (Lipinski definition) is 6. The van der Waals surface area contributed by atoms with Crippen molar-refractivity contribution >= 4 is 17.9 Å². The van der Waals surface area contributed by atoms with E-state index in [-0.39, 0.29) is 31.1 Å². The minimum atomic E-state index is -0.789. The van der Waals surface area contributed by atoms with E-state index in [0.29, 0.717) is 19.3 Å². The Morgan fingerprint density at radius 1 is 0.273 bits per heavy atom. The van der Waals surface area contributed by atoms with E-state index in [9.17, 15) is 14.4 Å². The van der Waals surface area contributed by atoms with Crippen LogP contribution in [-0.2, 0) is 28.6 Å². The van der Waals surface area contributed by atoms with Crippen molar-refractivity contribution in [2.75, 3.05) is 13.2 Å². The van der Waals surface area contributed by atoms with E-state index in [1.165, 1.54) is 167 Å². The molecular formula is C71H122O6. The molecule has 442 valence electrons. The topological polar surface area (TPSA) is 78.9 Å². The second-order valence-corrected chi connectivity index (χ2v) is 21.6. The highest BCUT2D eigenvalue weighted by Gasteiger charge is 2.19. The van der Waals surface area contributed by atoms with E-state index in [2.05, 4.69) is 118 Å².